The number of nitrogens with zero attached hydrogens (tertiary/aromatic N) is 1. The number of nitrogen functional groups attached to an aromatic ring is 1. The van der Waals surface area contributed by atoms with Crippen molar-refractivity contribution in [3.8, 4) is 0 Å². The molecule has 0 bridgehead atoms. The van der Waals surface area contributed by atoms with Crippen molar-refractivity contribution >= 4 is 11.6 Å². The zero-order valence-electron chi connectivity index (χ0n) is 12.1. The van der Waals surface area contributed by atoms with Crippen molar-refractivity contribution < 1.29 is 4.79 Å². The fraction of sp³-hybridized carbons (Fsp3) is 0.278. The van der Waals surface area contributed by atoms with Gasteiger partial charge in [0.1, 0.15) is 0 Å². The van der Waals surface area contributed by atoms with Gasteiger partial charge in [-0.3, -0.25) is 4.79 Å². The largest absolute Gasteiger partial charge is 0.399 e. The molecular formula is C18H20N2O. The maximum Gasteiger partial charge on any atom is 0.254 e. The molecule has 0 fully saturated rings. The minimum atomic E-state index is 0.171. The lowest BCUT2D eigenvalue weighted by molar-refractivity contribution is 0.0738. The molecule has 0 aliphatic carbocycles. The van der Waals surface area contributed by atoms with Gasteiger partial charge in [0.25, 0.3) is 5.91 Å². The number of hydrogen-bond donors (Lipinski definition) is 1. The lowest BCUT2D eigenvalue weighted by Crippen LogP contribution is -2.38. The number of anilines is 1. The van der Waals surface area contributed by atoms with E-state index in [4.69, 9.17) is 5.73 Å². The van der Waals surface area contributed by atoms with Gasteiger partial charge >= 0.3 is 0 Å². The van der Waals surface area contributed by atoms with Crippen LogP contribution in [0.3, 0.4) is 0 Å². The fourth-order valence-corrected chi connectivity index (χ4v) is 2.91. The Bertz CT molecular complexity index is 651. The van der Waals surface area contributed by atoms with Gasteiger partial charge in [-0.05, 0) is 48.6 Å². The van der Waals surface area contributed by atoms with E-state index in [1.54, 1.807) is 0 Å². The van der Waals surface area contributed by atoms with Crippen molar-refractivity contribution in [2.24, 2.45) is 0 Å². The van der Waals surface area contributed by atoms with Gasteiger partial charge < -0.3 is 10.6 Å². The van der Waals surface area contributed by atoms with Crippen LogP contribution in [0, 0.1) is 0 Å². The maximum absolute atomic E-state index is 12.4. The first kappa shape index (κ1) is 13.7. The third-order valence-electron chi connectivity index (χ3n) is 4.03. The van der Waals surface area contributed by atoms with Crippen molar-refractivity contribution in [1.82, 2.24) is 4.90 Å². The average Bonchev–Trinajstić information content (AvgIpc) is 2.50. The minimum absolute atomic E-state index is 0.171. The SMILES string of the molecule is Nc1cccc(CCCN2CCc3ccccc3C2=O)c1. The number of hydrogen-bond acceptors (Lipinski definition) is 2. The molecule has 3 nitrogen and oxygen atoms in total. The highest BCUT2D eigenvalue weighted by Gasteiger charge is 2.22. The fourth-order valence-electron chi connectivity index (χ4n) is 2.91. The van der Waals surface area contributed by atoms with Gasteiger partial charge in [-0.15, -0.1) is 0 Å². The van der Waals surface area contributed by atoms with Crippen LogP contribution in [0.5, 0.6) is 0 Å². The van der Waals surface area contributed by atoms with E-state index in [-0.39, 0.29) is 5.91 Å². The standard InChI is InChI=1S/C18H20N2O/c19-16-8-3-5-14(13-16)6-4-11-20-12-10-15-7-1-2-9-17(15)18(20)21/h1-3,5,7-9,13H,4,6,10-12,19H2. The Morgan fingerprint density at radius 1 is 1.10 bits per heavy atom. The van der Waals surface area contributed by atoms with Crippen LogP contribution >= 0.6 is 0 Å². The summed E-state index contributed by atoms with van der Waals surface area (Å²) in [5.41, 5.74) is 9.86. The molecular weight excluding hydrogens is 260 g/mol. The third kappa shape index (κ3) is 3.07. The molecule has 1 amide bonds. The summed E-state index contributed by atoms with van der Waals surface area (Å²) >= 11 is 0. The van der Waals surface area contributed by atoms with Gasteiger partial charge in [-0.2, -0.15) is 0 Å². The van der Waals surface area contributed by atoms with E-state index in [2.05, 4.69) is 12.1 Å². The molecule has 0 saturated heterocycles. The highest BCUT2D eigenvalue weighted by atomic mass is 16.2. The molecule has 21 heavy (non-hydrogen) atoms. The van der Waals surface area contributed by atoms with Gasteiger partial charge in [-0.1, -0.05) is 30.3 Å². The zero-order valence-corrected chi connectivity index (χ0v) is 12.1. The molecule has 0 aromatic heterocycles. The van der Waals surface area contributed by atoms with Crippen molar-refractivity contribution in [1.29, 1.82) is 0 Å². The quantitative estimate of drug-likeness (QED) is 0.875. The summed E-state index contributed by atoms with van der Waals surface area (Å²) in [5.74, 6) is 0.171. The summed E-state index contributed by atoms with van der Waals surface area (Å²) in [6.45, 7) is 1.63. The van der Waals surface area contributed by atoms with E-state index in [9.17, 15) is 4.79 Å². The van der Waals surface area contributed by atoms with Crippen LogP contribution < -0.4 is 5.73 Å². The van der Waals surface area contributed by atoms with Gasteiger partial charge in [0.15, 0.2) is 0 Å². The highest BCUT2D eigenvalue weighted by Crippen LogP contribution is 2.19. The predicted octanol–water partition coefficient (Wildman–Crippen LogP) is 2.90. The Hall–Kier alpha value is -2.29. The molecule has 0 spiro atoms. The van der Waals surface area contributed by atoms with E-state index in [0.717, 1.165) is 43.6 Å². The van der Waals surface area contributed by atoms with Crippen LogP contribution in [0.25, 0.3) is 0 Å². The molecule has 0 unspecified atom stereocenters. The van der Waals surface area contributed by atoms with Crippen molar-refractivity contribution in [3.63, 3.8) is 0 Å². The molecule has 0 atom stereocenters. The number of carbonyl (C=O) groups is 1. The zero-order chi connectivity index (χ0) is 14.7. The summed E-state index contributed by atoms with van der Waals surface area (Å²) < 4.78 is 0. The Morgan fingerprint density at radius 3 is 2.81 bits per heavy atom. The maximum atomic E-state index is 12.4. The number of rotatable bonds is 4. The van der Waals surface area contributed by atoms with E-state index in [0.29, 0.717) is 0 Å². The molecule has 2 N–H and O–H groups in total. The Morgan fingerprint density at radius 2 is 1.95 bits per heavy atom. The number of aryl methyl sites for hydroxylation is 1. The van der Waals surface area contributed by atoms with Gasteiger partial charge in [0.05, 0.1) is 0 Å². The number of benzene rings is 2. The predicted molar refractivity (Wildman–Crippen MR) is 85.2 cm³/mol. The normalized spacial score (nSPS) is 14.1. The second kappa shape index (κ2) is 6.00. The third-order valence-corrected chi connectivity index (χ3v) is 4.03. The summed E-state index contributed by atoms with van der Waals surface area (Å²) in [6.07, 6.45) is 2.88. The smallest absolute Gasteiger partial charge is 0.254 e. The van der Waals surface area contributed by atoms with Gasteiger partial charge in [0.2, 0.25) is 0 Å². The number of fused-ring (bicyclic) bond motifs is 1. The lowest BCUT2D eigenvalue weighted by atomic mass is 9.99. The Labute approximate surface area is 125 Å². The van der Waals surface area contributed by atoms with Crippen LogP contribution in [-0.4, -0.2) is 23.9 Å². The van der Waals surface area contributed by atoms with Crippen molar-refractivity contribution in [2.75, 3.05) is 18.8 Å². The first-order chi connectivity index (χ1) is 10.2. The van der Waals surface area contributed by atoms with E-state index >= 15 is 0 Å². The second-order valence-corrected chi connectivity index (χ2v) is 5.55. The molecule has 1 heterocycles. The first-order valence-electron chi connectivity index (χ1n) is 7.45. The van der Waals surface area contributed by atoms with Crippen LogP contribution in [0.2, 0.25) is 0 Å². The lowest BCUT2D eigenvalue weighted by Gasteiger charge is -2.28. The van der Waals surface area contributed by atoms with Crippen LogP contribution in [0.4, 0.5) is 5.69 Å². The minimum Gasteiger partial charge on any atom is -0.399 e. The molecule has 1 aliphatic heterocycles. The summed E-state index contributed by atoms with van der Waals surface area (Å²) in [7, 11) is 0. The monoisotopic (exact) mass is 280 g/mol. The summed E-state index contributed by atoms with van der Waals surface area (Å²) in [6, 6.07) is 15.9. The van der Waals surface area contributed by atoms with Gasteiger partial charge in [-0.25, -0.2) is 0 Å². The molecule has 0 saturated carbocycles. The molecule has 0 radical (unpaired) electrons. The van der Waals surface area contributed by atoms with Gasteiger partial charge in [0, 0.05) is 24.3 Å². The second-order valence-electron chi connectivity index (χ2n) is 5.55. The number of amides is 1. The number of carbonyl (C=O) groups excluding carboxylic acids is 1. The average molecular weight is 280 g/mol. The molecule has 2 aromatic carbocycles. The molecule has 3 rings (SSSR count). The van der Waals surface area contributed by atoms with Crippen molar-refractivity contribution in [3.05, 3.63) is 65.2 Å². The first-order valence-corrected chi connectivity index (χ1v) is 7.45. The van der Waals surface area contributed by atoms with Crippen LogP contribution in [-0.2, 0) is 12.8 Å². The summed E-state index contributed by atoms with van der Waals surface area (Å²) in [4.78, 5) is 14.4. The highest BCUT2D eigenvalue weighted by molar-refractivity contribution is 5.96. The number of nitrogens with two attached hydrogens (primary N) is 1. The molecule has 108 valence electrons. The van der Waals surface area contributed by atoms with E-state index in [1.165, 1.54) is 11.1 Å². The van der Waals surface area contributed by atoms with Crippen molar-refractivity contribution in [2.45, 2.75) is 19.3 Å². The van der Waals surface area contributed by atoms with Crippen LogP contribution in [0.1, 0.15) is 27.9 Å². The molecule has 3 heteroatoms. The van der Waals surface area contributed by atoms with E-state index < -0.39 is 0 Å². The molecule has 1 aliphatic rings. The topological polar surface area (TPSA) is 46.3 Å². The van der Waals surface area contributed by atoms with E-state index in [1.807, 2.05) is 41.3 Å². The molecule has 2 aromatic rings. The Kier molecular flexibility index (Phi) is 3.91. The van der Waals surface area contributed by atoms with Crippen LogP contribution in [0.15, 0.2) is 48.5 Å². The Balaban J connectivity index is 1.58. The summed E-state index contributed by atoms with van der Waals surface area (Å²) in [5, 5.41) is 0.